The molecule has 0 unspecified atom stereocenters. The number of aromatic nitrogens is 1. The van der Waals surface area contributed by atoms with Crippen molar-refractivity contribution in [3.63, 3.8) is 0 Å². The quantitative estimate of drug-likeness (QED) is 0.505. The molecule has 0 atom stereocenters. The number of nitriles is 2. The third-order valence-corrected chi connectivity index (χ3v) is 4.32. The molecule has 0 saturated carbocycles. The summed E-state index contributed by atoms with van der Waals surface area (Å²) in [5.74, 6) is 0. The molecule has 0 radical (unpaired) electrons. The van der Waals surface area contributed by atoms with E-state index in [1.165, 1.54) is 5.56 Å². The molecule has 0 saturated heterocycles. The predicted octanol–water partition coefficient (Wildman–Crippen LogP) is 4.84. The molecule has 0 amide bonds. The van der Waals surface area contributed by atoms with Gasteiger partial charge in [0.15, 0.2) is 0 Å². The second-order valence-electron chi connectivity index (χ2n) is 5.83. The number of rotatable bonds is 1. The zero-order valence-electron chi connectivity index (χ0n) is 13.1. The smallest absolute Gasteiger partial charge is 0.0998 e. The molecule has 0 aliphatic carbocycles. The molecule has 0 N–H and O–H groups in total. The summed E-state index contributed by atoms with van der Waals surface area (Å²) in [5.41, 5.74) is 5.52. The Morgan fingerprint density at radius 1 is 0.833 bits per heavy atom. The van der Waals surface area contributed by atoms with Gasteiger partial charge in [0.05, 0.1) is 34.3 Å². The van der Waals surface area contributed by atoms with Crippen LogP contribution in [0.15, 0.2) is 60.7 Å². The Hall–Kier alpha value is -3.56. The van der Waals surface area contributed by atoms with Gasteiger partial charge >= 0.3 is 0 Å². The second kappa shape index (κ2) is 5.26. The normalized spacial score (nSPS) is 10.6. The van der Waals surface area contributed by atoms with Crippen LogP contribution in [0.1, 0.15) is 16.7 Å². The lowest BCUT2D eigenvalue weighted by Crippen LogP contribution is -1.94. The van der Waals surface area contributed by atoms with E-state index >= 15 is 0 Å². The van der Waals surface area contributed by atoms with Crippen molar-refractivity contribution in [3.05, 3.63) is 77.4 Å². The average molecular weight is 307 g/mol. The maximum absolute atomic E-state index is 9.50. The van der Waals surface area contributed by atoms with Gasteiger partial charge in [0.1, 0.15) is 0 Å². The lowest BCUT2D eigenvalue weighted by Gasteiger charge is -2.08. The first-order valence-corrected chi connectivity index (χ1v) is 7.67. The highest BCUT2D eigenvalue weighted by Gasteiger charge is 2.15. The molecule has 0 fully saturated rings. The van der Waals surface area contributed by atoms with Gasteiger partial charge in [-0.15, -0.1) is 0 Å². The molecule has 4 rings (SSSR count). The highest BCUT2D eigenvalue weighted by Crippen LogP contribution is 2.34. The van der Waals surface area contributed by atoms with Crippen molar-refractivity contribution in [1.82, 2.24) is 4.57 Å². The summed E-state index contributed by atoms with van der Waals surface area (Å²) in [6.07, 6.45) is 0. The zero-order chi connectivity index (χ0) is 16.7. The fourth-order valence-corrected chi connectivity index (χ4v) is 3.23. The number of hydrogen-bond donors (Lipinski definition) is 0. The fraction of sp³-hybridized carbons (Fsp3) is 0.0476. The molecule has 0 aliphatic rings. The van der Waals surface area contributed by atoms with Crippen LogP contribution in [0.25, 0.3) is 27.5 Å². The van der Waals surface area contributed by atoms with E-state index in [-0.39, 0.29) is 0 Å². The molecule has 1 heterocycles. The number of benzene rings is 3. The van der Waals surface area contributed by atoms with Crippen molar-refractivity contribution in [3.8, 4) is 17.8 Å². The number of hydrogen-bond acceptors (Lipinski definition) is 2. The Morgan fingerprint density at radius 3 is 2.33 bits per heavy atom. The minimum absolute atomic E-state index is 0.633. The molecule has 3 heteroatoms. The van der Waals surface area contributed by atoms with E-state index in [0.29, 0.717) is 11.1 Å². The van der Waals surface area contributed by atoms with E-state index in [9.17, 15) is 5.26 Å². The van der Waals surface area contributed by atoms with E-state index in [0.717, 1.165) is 27.5 Å². The van der Waals surface area contributed by atoms with Crippen molar-refractivity contribution in [2.75, 3.05) is 0 Å². The number of fused-ring (bicyclic) bond motifs is 3. The third kappa shape index (κ3) is 1.96. The standard InChI is InChI=1S/C21H13N3/c1-14-5-10-18-20(11-14)24(17-8-6-15(12-22)7-9-17)19-4-2-3-16(13-23)21(18)19/h2-11H,1H3. The van der Waals surface area contributed by atoms with Gasteiger partial charge in [0.25, 0.3) is 0 Å². The molecule has 1 aromatic heterocycles. The second-order valence-corrected chi connectivity index (χ2v) is 5.83. The Labute approximate surface area is 139 Å². The molecule has 112 valence electrons. The fourth-order valence-electron chi connectivity index (χ4n) is 3.23. The SMILES string of the molecule is Cc1ccc2c3c(C#N)cccc3n(-c3ccc(C#N)cc3)c2c1. The van der Waals surface area contributed by atoms with Crippen LogP contribution in [-0.2, 0) is 0 Å². The van der Waals surface area contributed by atoms with E-state index < -0.39 is 0 Å². The Morgan fingerprint density at radius 2 is 1.62 bits per heavy atom. The van der Waals surface area contributed by atoms with Crippen molar-refractivity contribution < 1.29 is 0 Å². The van der Waals surface area contributed by atoms with Gasteiger partial charge < -0.3 is 4.57 Å². The van der Waals surface area contributed by atoms with Gasteiger partial charge in [-0.25, -0.2) is 0 Å². The van der Waals surface area contributed by atoms with Gasteiger partial charge in [0, 0.05) is 16.5 Å². The Bertz CT molecular complexity index is 1170. The van der Waals surface area contributed by atoms with Gasteiger partial charge in [-0.05, 0) is 55.0 Å². The van der Waals surface area contributed by atoms with E-state index in [1.807, 2.05) is 42.5 Å². The third-order valence-electron chi connectivity index (χ3n) is 4.32. The van der Waals surface area contributed by atoms with Crippen molar-refractivity contribution >= 4 is 21.8 Å². The molecule has 0 aliphatic heterocycles. The largest absolute Gasteiger partial charge is 0.309 e. The first-order valence-electron chi connectivity index (χ1n) is 7.67. The summed E-state index contributed by atoms with van der Waals surface area (Å²) < 4.78 is 2.15. The predicted molar refractivity (Wildman–Crippen MR) is 94.9 cm³/mol. The Kier molecular flexibility index (Phi) is 3.08. The molecule has 24 heavy (non-hydrogen) atoms. The maximum Gasteiger partial charge on any atom is 0.0998 e. The van der Waals surface area contributed by atoms with Gasteiger partial charge in [0.2, 0.25) is 0 Å². The van der Waals surface area contributed by atoms with Crippen molar-refractivity contribution in [2.45, 2.75) is 6.92 Å². The molecule has 3 aromatic carbocycles. The van der Waals surface area contributed by atoms with Crippen LogP contribution in [0, 0.1) is 29.6 Å². The lowest BCUT2D eigenvalue weighted by atomic mass is 10.1. The number of nitrogens with zero attached hydrogens (tertiary/aromatic N) is 3. The molecular weight excluding hydrogens is 294 g/mol. The topological polar surface area (TPSA) is 52.5 Å². The Balaban J connectivity index is 2.18. The first-order chi connectivity index (χ1) is 11.7. The summed E-state index contributed by atoms with van der Waals surface area (Å²) >= 11 is 0. The van der Waals surface area contributed by atoms with Crippen LogP contribution in [0.5, 0.6) is 0 Å². The van der Waals surface area contributed by atoms with Crippen LogP contribution < -0.4 is 0 Å². The van der Waals surface area contributed by atoms with Crippen LogP contribution in [0.2, 0.25) is 0 Å². The molecular formula is C21H13N3. The highest BCUT2D eigenvalue weighted by atomic mass is 15.0. The summed E-state index contributed by atoms with van der Waals surface area (Å²) in [5, 5.41) is 20.6. The lowest BCUT2D eigenvalue weighted by molar-refractivity contribution is 1.17. The minimum Gasteiger partial charge on any atom is -0.309 e. The van der Waals surface area contributed by atoms with E-state index in [2.05, 4.69) is 41.8 Å². The average Bonchev–Trinajstić information content (AvgIpc) is 2.95. The number of aryl methyl sites for hydroxylation is 1. The van der Waals surface area contributed by atoms with Crippen LogP contribution >= 0.6 is 0 Å². The van der Waals surface area contributed by atoms with E-state index in [4.69, 9.17) is 5.26 Å². The summed E-state index contributed by atoms with van der Waals surface area (Å²) in [6.45, 7) is 2.06. The monoisotopic (exact) mass is 307 g/mol. The molecule has 0 spiro atoms. The minimum atomic E-state index is 0.633. The zero-order valence-corrected chi connectivity index (χ0v) is 13.1. The van der Waals surface area contributed by atoms with Gasteiger partial charge in [-0.3, -0.25) is 0 Å². The van der Waals surface area contributed by atoms with Crippen molar-refractivity contribution in [2.24, 2.45) is 0 Å². The van der Waals surface area contributed by atoms with Crippen molar-refractivity contribution in [1.29, 1.82) is 10.5 Å². The van der Waals surface area contributed by atoms with Gasteiger partial charge in [-0.1, -0.05) is 18.2 Å². The summed E-state index contributed by atoms with van der Waals surface area (Å²) in [7, 11) is 0. The van der Waals surface area contributed by atoms with Crippen LogP contribution in [0.3, 0.4) is 0 Å². The first kappa shape index (κ1) is 14.1. The maximum atomic E-state index is 9.50. The van der Waals surface area contributed by atoms with Gasteiger partial charge in [-0.2, -0.15) is 10.5 Å². The van der Waals surface area contributed by atoms with Crippen LogP contribution in [0.4, 0.5) is 0 Å². The molecule has 0 bridgehead atoms. The van der Waals surface area contributed by atoms with E-state index in [1.54, 1.807) is 0 Å². The summed E-state index contributed by atoms with van der Waals surface area (Å²) in [4.78, 5) is 0. The van der Waals surface area contributed by atoms with Crippen LogP contribution in [-0.4, -0.2) is 4.57 Å². The summed E-state index contributed by atoms with van der Waals surface area (Å²) in [6, 6.07) is 24.0. The highest BCUT2D eigenvalue weighted by molar-refractivity contribution is 6.11. The molecule has 4 aromatic rings. The molecule has 3 nitrogen and oxygen atoms in total.